The molecule has 2 aromatic carbocycles. The van der Waals surface area contributed by atoms with E-state index < -0.39 is 40.2 Å². The lowest BCUT2D eigenvalue weighted by molar-refractivity contribution is -0.126. The average molecular weight is 502 g/mol. The Morgan fingerprint density at radius 1 is 1.00 bits per heavy atom. The first kappa shape index (κ1) is 26.5. The second-order valence-corrected chi connectivity index (χ2v) is 10.4. The van der Waals surface area contributed by atoms with E-state index in [0.29, 0.717) is 11.4 Å². The van der Waals surface area contributed by atoms with E-state index >= 15 is 0 Å². The number of rotatable bonds is 9. The van der Waals surface area contributed by atoms with Gasteiger partial charge in [-0.25, -0.2) is 4.39 Å². The van der Waals surface area contributed by atoms with Crippen molar-refractivity contribution in [3.63, 3.8) is 0 Å². The fourth-order valence-electron chi connectivity index (χ4n) is 4.11. The van der Waals surface area contributed by atoms with Gasteiger partial charge in [0.1, 0.15) is 23.4 Å². The molecule has 1 aliphatic carbocycles. The zero-order chi connectivity index (χ0) is 25.4. The number of benzene rings is 2. The normalized spacial score (nSPS) is 15.6. The van der Waals surface area contributed by atoms with E-state index in [9.17, 15) is 23.0 Å². The van der Waals surface area contributed by atoms with Crippen LogP contribution < -0.4 is 15.5 Å². The summed E-state index contributed by atoms with van der Waals surface area (Å²) in [5.41, 5.74) is 1.94. The van der Waals surface area contributed by atoms with Crippen LogP contribution in [0.5, 0.6) is 0 Å². The summed E-state index contributed by atoms with van der Waals surface area (Å²) in [6.45, 7) is 3.52. The van der Waals surface area contributed by atoms with E-state index in [0.717, 1.165) is 37.7 Å². The summed E-state index contributed by atoms with van der Waals surface area (Å²) in [6.07, 6.45) is 5.02. The summed E-state index contributed by atoms with van der Waals surface area (Å²) < 4.78 is 26.1. The van der Waals surface area contributed by atoms with Gasteiger partial charge >= 0.3 is 0 Å². The third kappa shape index (κ3) is 7.99. The van der Waals surface area contributed by atoms with Crippen LogP contribution in [0, 0.1) is 12.7 Å². The maximum Gasteiger partial charge on any atom is 0.243 e. The number of nitrogens with zero attached hydrogens (tertiary/aromatic N) is 1. The molecule has 0 aromatic heterocycles. The highest BCUT2D eigenvalue weighted by atomic mass is 32.2. The minimum Gasteiger partial charge on any atom is -0.352 e. The number of carbonyl (C=O) groups is 3. The quantitative estimate of drug-likeness (QED) is 0.548. The second kappa shape index (κ2) is 12.6. The predicted octanol–water partition coefficient (Wildman–Crippen LogP) is 3.69. The molecule has 0 spiro atoms. The first-order valence-corrected chi connectivity index (χ1v) is 13.3. The molecule has 0 heterocycles. The van der Waals surface area contributed by atoms with Gasteiger partial charge in [0.25, 0.3) is 0 Å². The smallest absolute Gasteiger partial charge is 0.243 e. The van der Waals surface area contributed by atoms with E-state index in [-0.39, 0.29) is 17.7 Å². The minimum atomic E-state index is -1.80. The number of anilines is 2. The third-order valence-corrected chi connectivity index (χ3v) is 7.16. The molecule has 7 nitrogen and oxygen atoms in total. The van der Waals surface area contributed by atoms with E-state index in [1.807, 2.05) is 19.1 Å². The molecule has 3 rings (SSSR count). The molecule has 0 saturated heterocycles. The van der Waals surface area contributed by atoms with Crippen molar-refractivity contribution >= 4 is 39.9 Å². The first-order valence-electron chi connectivity index (χ1n) is 11.8. The van der Waals surface area contributed by atoms with Crippen molar-refractivity contribution in [2.45, 2.75) is 58.0 Å². The van der Waals surface area contributed by atoms with Crippen LogP contribution in [0.3, 0.4) is 0 Å². The van der Waals surface area contributed by atoms with Crippen molar-refractivity contribution in [1.82, 2.24) is 5.32 Å². The summed E-state index contributed by atoms with van der Waals surface area (Å²) in [7, 11) is -1.80. The van der Waals surface area contributed by atoms with Gasteiger partial charge in [0, 0.05) is 28.2 Å². The molecule has 0 bridgehead atoms. The SMILES string of the molecule is Cc1ccc(NC(=O)C[S@](=O)CC(=O)N(c2ccc(F)cc2)[C@H](C)C(=O)NC2CCCCC2)cc1. The number of aryl methyl sites for hydroxylation is 1. The van der Waals surface area contributed by atoms with E-state index in [2.05, 4.69) is 10.6 Å². The van der Waals surface area contributed by atoms with Crippen LogP contribution in [0.4, 0.5) is 15.8 Å². The van der Waals surface area contributed by atoms with Crippen LogP contribution in [0.25, 0.3) is 0 Å². The summed E-state index contributed by atoms with van der Waals surface area (Å²) in [5, 5.41) is 5.67. The minimum absolute atomic E-state index is 0.0588. The number of amides is 3. The molecule has 1 aliphatic rings. The molecular formula is C26H32FN3O4S. The lowest BCUT2D eigenvalue weighted by Crippen LogP contribution is -2.52. The van der Waals surface area contributed by atoms with Gasteiger partial charge in [0.2, 0.25) is 17.7 Å². The Morgan fingerprint density at radius 3 is 2.26 bits per heavy atom. The molecule has 1 saturated carbocycles. The Hall–Kier alpha value is -3.07. The van der Waals surface area contributed by atoms with Crippen LogP contribution in [-0.4, -0.2) is 45.5 Å². The molecule has 3 amide bonds. The Kier molecular flexibility index (Phi) is 9.54. The lowest BCUT2D eigenvalue weighted by atomic mass is 9.95. The number of hydrogen-bond donors (Lipinski definition) is 2. The monoisotopic (exact) mass is 501 g/mol. The van der Waals surface area contributed by atoms with Crippen LogP contribution in [0.2, 0.25) is 0 Å². The van der Waals surface area contributed by atoms with Crippen LogP contribution >= 0.6 is 0 Å². The van der Waals surface area contributed by atoms with Gasteiger partial charge in [-0.1, -0.05) is 37.0 Å². The van der Waals surface area contributed by atoms with Crippen molar-refractivity contribution in [1.29, 1.82) is 0 Å². The van der Waals surface area contributed by atoms with Crippen molar-refractivity contribution in [3.05, 3.63) is 59.9 Å². The van der Waals surface area contributed by atoms with Crippen LogP contribution in [0.1, 0.15) is 44.6 Å². The molecule has 2 atom stereocenters. The predicted molar refractivity (Wildman–Crippen MR) is 136 cm³/mol. The molecule has 2 aromatic rings. The maximum atomic E-state index is 13.5. The van der Waals surface area contributed by atoms with E-state index in [1.54, 1.807) is 19.1 Å². The highest BCUT2D eigenvalue weighted by Gasteiger charge is 2.30. The van der Waals surface area contributed by atoms with Gasteiger partial charge in [-0.2, -0.15) is 0 Å². The number of halogens is 1. The van der Waals surface area contributed by atoms with Gasteiger partial charge in [-0.05, 0) is 63.1 Å². The van der Waals surface area contributed by atoms with E-state index in [1.165, 1.54) is 29.2 Å². The topological polar surface area (TPSA) is 95.6 Å². The summed E-state index contributed by atoms with van der Waals surface area (Å²) >= 11 is 0. The summed E-state index contributed by atoms with van der Waals surface area (Å²) in [5.74, 6) is -2.66. The van der Waals surface area contributed by atoms with Crippen molar-refractivity contribution in [2.75, 3.05) is 21.7 Å². The number of nitrogens with one attached hydrogen (secondary N) is 2. The van der Waals surface area contributed by atoms with Crippen LogP contribution in [-0.2, 0) is 25.2 Å². The number of carbonyl (C=O) groups excluding carboxylic acids is 3. The lowest BCUT2D eigenvalue weighted by Gasteiger charge is -2.31. The van der Waals surface area contributed by atoms with Gasteiger partial charge < -0.3 is 10.6 Å². The Bertz CT molecular complexity index is 1050. The van der Waals surface area contributed by atoms with E-state index in [4.69, 9.17) is 0 Å². The molecule has 0 aliphatic heterocycles. The van der Waals surface area contributed by atoms with Crippen molar-refractivity contribution in [3.8, 4) is 0 Å². The number of hydrogen-bond acceptors (Lipinski definition) is 4. The second-order valence-electron chi connectivity index (χ2n) is 8.90. The van der Waals surface area contributed by atoms with Crippen molar-refractivity contribution < 1.29 is 23.0 Å². The zero-order valence-corrected chi connectivity index (χ0v) is 20.9. The molecule has 0 radical (unpaired) electrons. The summed E-state index contributed by atoms with van der Waals surface area (Å²) in [4.78, 5) is 39.7. The molecule has 35 heavy (non-hydrogen) atoms. The maximum absolute atomic E-state index is 13.5. The van der Waals surface area contributed by atoms with Gasteiger partial charge in [0.05, 0.1) is 0 Å². The molecule has 0 unspecified atom stereocenters. The molecule has 9 heteroatoms. The highest BCUT2D eigenvalue weighted by Crippen LogP contribution is 2.21. The average Bonchev–Trinajstić information content (AvgIpc) is 2.82. The standard InChI is InChI=1S/C26H32FN3O4S/c1-18-8-12-22(13-9-18)28-24(31)16-35(34)17-25(32)30(23-14-10-20(27)11-15-23)19(2)26(33)29-21-6-4-3-5-7-21/h8-15,19,21H,3-7,16-17H2,1-2H3,(H,28,31)(H,29,33)/t19-,35+/m1/s1. The highest BCUT2D eigenvalue weighted by molar-refractivity contribution is 7.86. The van der Waals surface area contributed by atoms with Gasteiger partial charge in [-0.3, -0.25) is 23.5 Å². The third-order valence-electron chi connectivity index (χ3n) is 6.00. The Morgan fingerprint density at radius 2 is 1.63 bits per heavy atom. The molecule has 1 fully saturated rings. The molecule has 188 valence electrons. The summed E-state index contributed by atoms with van der Waals surface area (Å²) in [6, 6.07) is 11.5. The largest absolute Gasteiger partial charge is 0.352 e. The molecule has 2 N–H and O–H groups in total. The fourth-order valence-corrected chi connectivity index (χ4v) is 4.99. The Labute approximate surface area is 207 Å². The fraction of sp³-hybridized carbons (Fsp3) is 0.423. The van der Waals surface area contributed by atoms with Gasteiger partial charge in [-0.15, -0.1) is 0 Å². The first-order chi connectivity index (χ1) is 16.7. The Balaban J connectivity index is 1.66. The van der Waals surface area contributed by atoms with Gasteiger partial charge in [0.15, 0.2) is 0 Å². The zero-order valence-electron chi connectivity index (χ0n) is 20.1. The van der Waals surface area contributed by atoms with Crippen molar-refractivity contribution in [2.24, 2.45) is 0 Å². The molecular weight excluding hydrogens is 469 g/mol. The van der Waals surface area contributed by atoms with Crippen LogP contribution in [0.15, 0.2) is 48.5 Å².